The minimum atomic E-state index is -0.597. The third kappa shape index (κ3) is 5.84. The highest BCUT2D eigenvalue weighted by Crippen LogP contribution is 2.28. The number of amides is 1. The van der Waals surface area contributed by atoms with Gasteiger partial charge in [-0.05, 0) is 72.0 Å². The van der Waals surface area contributed by atoms with Crippen molar-refractivity contribution in [2.45, 2.75) is 25.3 Å². The summed E-state index contributed by atoms with van der Waals surface area (Å²) in [6.45, 7) is 4.50. The molecule has 1 amide bonds. The molecule has 0 heterocycles. The summed E-state index contributed by atoms with van der Waals surface area (Å²) in [4.78, 5) is 11.7. The molecular formula is C23H23NO4S. The Morgan fingerprint density at radius 2 is 1.69 bits per heavy atom. The number of hydrogen-bond donors (Lipinski definition) is 2. The van der Waals surface area contributed by atoms with Crippen molar-refractivity contribution in [2.24, 2.45) is 0 Å². The van der Waals surface area contributed by atoms with Crippen LogP contribution in [0.1, 0.15) is 16.7 Å². The zero-order valence-electron chi connectivity index (χ0n) is 16.3. The number of carbonyl (C=O) groups excluding carboxylic acids is 1. The fraction of sp³-hybridized carbons (Fsp3) is 0.174. The van der Waals surface area contributed by atoms with Gasteiger partial charge in [-0.25, -0.2) is 5.48 Å². The monoisotopic (exact) mass is 409 g/mol. The van der Waals surface area contributed by atoms with Crippen LogP contribution in [0.4, 0.5) is 0 Å². The largest absolute Gasteiger partial charge is 0.489 e. The maximum absolute atomic E-state index is 10.9. The number of aryl methyl sites for hydroxylation is 2. The molecule has 0 atom stereocenters. The third-order valence-corrected chi connectivity index (χ3v) is 5.10. The Hall–Kier alpha value is -2.80. The molecule has 0 spiro atoms. The van der Waals surface area contributed by atoms with Gasteiger partial charge in [-0.15, -0.1) is 0 Å². The first-order valence-electron chi connectivity index (χ1n) is 9.17. The average Bonchev–Trinajstić information content (AvgIpc) is 2.73. The average molecular weight is 410 g/mol. The first-order valence-corrected chi connectivity index (χ1v) is 9.92. The number of carbonyl (C=O) groups is 1. The Kier molecular flexibility index (Phi) is 7.30. The van der Waals surface area contributed by atoms with Crippen molar-refractivity contribution in [2.75, 3.05) is 6.61 Å². The maximum Gasteiger partial charge on any atom is 0.270 e. The van der Waals surface area contributed by atoms with E-state index in [-0.39, 0.29) is 6.61 Å². The maximum atomic E-state index is 10.9. The van der Waals surface area contributed by atoms with Crippen molar-refractivity contribution < 1.29 is 18.9 Å². The lowest BCUT2D eigenvalue weighted by Crippen LogP contribution is -2.22. The van der Waals surface area contributed by atoms with Crippen LogP contribution in [0.3, 0.4) is 0 Å². The Balaban J connectivity index is 1.60. The number of ether oxygens (including phenoxy) is 1. The molecule has 0 radical (unpaired) electrons. The molecule has 5 nitrogen and oxygen atoms in total. The number of hydroxylamine groups is 1. The summed E-state index contributed by atoms with van der Waals surface area (Å²) in [5.41, 5.74) is 7.59. The van der Waals surface area contributed by atoms with E-state index in [4.69, 9.17) is 14.1 Å². The van der Waals surface area contributed by atoms with Crippen LogP contribution in [-0.4, -0.2) is 17.7 Å². The van der Waals surface area contributed by atoms with E-state index in [2.05, 4.69) is 56.3 Å². The SMILES string of the molecule is Cc1cccc(C)c1-c1cccc(COc2ccc(SOCC(=O)NO)cc2)c1. The lowest BCUT2D eigenvalue weighted by Gasteiger charge is -2.12. The van der Waals surface area contributed by atoms with Crippen LogP contribution in [-0.2, 0) is 15.6 Å². The van der Waals surface area contributed by atoms with Crippen molar-refractivity contribution >= 4 is 17.9 Å². The second-order valence-corrected chi connectivity index (χ2v) is 7.48. The van der Waals surface area contributed by atoms with Gasteiger partial charge in [-0.3, -0.25) is 10.0 Å². The van der Waals surface area contributed by atoms with Crippen molar-refractivity contribution in [1.29, 1.82) is 0 Å². The summed E-state index contributed by atoms with van der Waals surface area (Å²) in [6.07, 6.45) is 0. The van der Waals surface area contributed by atoms with Gasteiger partial charge in [0.05, 0.1) is 0 Å². The van der Waals surface area contributed by atoms with Gasteiger partial charge in [0.25, 0.3) is 5.91 Å². The summed E-state index contributed by atoms with van der Waals surface area (Å²) >= 11 is 1.06. The van der Waals surface area contributed by atoms with E-state index in [1.807, 2.05) is 24.3 Å². The molecule has 0 fully saturated rings. The normalized spacial score (nSPS) is 10.6. The first-order chi connectivity index (χ1) is 14.1. The highest BCUT2D eigenvalue weighted by Gasteiger charge is 2.07. The predicted octanol–water partition coefficient (Wildman–Crippen LogP) is 5.08. The van der Waals surface area contributed by atoms with Gasteiger partial charge in [-0.1, -0.05) is 36.4 Å². The molecule has 29 heavy (non-hydrogen) atoms. The topological polar surface area (TPSA) is 67.8 Å². The summed E-state index contributed by atoms with van der Waals surface area (Å²) < 4.78 is 11.0. The van der Waals surface area contributed by atoms with Crippen LogP contribution in [0.2, 0.25) is 0 Å². The van der Waals surface area contributed by atoms with Gasteiger partial charge in [-0.2, -0.15) is 0 Å². The number of benzene rings is 3. The second-order valence-electron chi connectivity index (χ2n) is 6.61. The number of rotatable bonds is 8. The smallest absolute Gasteiger partial charge is 0.270 e. The Morgan fingerprint density at radius 1 is 1.00 bits per heavy atom. The lowest BCUT2D eigenvalue weighted by atomic mass is 9.95. The first kappa shape index (κ1) is 20.9. The highest BCUT2D eigenvalue weighted by molar-refractivity contribution is 7.94. The van der Waals surface area contributed by atoms with Crippen molar-refractivity contribution in [1.82, 2.24) is 5.48 Å². The molecule has 2 N–H and O–H groups in total. The van der Waals surface area contributed by atoms with Crippen LogP contribution >= 0.6 is 12.0 Å². The van der Waals surface area contributed by atoms with Gasteiger partial charge in [0.2, 0.25) is 0 Å². The van der Waals surface area contributed by atoms with Gasteiger partial charge < -0.3 is 8.92 Å². The lowest BCUT2D eigenvalue weighted by molar-refractivity contribution is -0.130. The van der Waals surface area contributed by atoms with E-state index in [0.29, 0.717) is 6.61 Å². The summed E-state index contributed by atoms with van der Waals surface area (Å²) in [6, 6.07) is 22.2. The second kappa shape index (κ2) is 10.1. The molecule has 0 aromatic heterocycles. The number of hydrogen-bond acceptors (Lipinski definition) is 5. The van der Waals surface area contributed by atoms with E-state index < -0.39 is 5.91 Å². The van der Waals surface area contributed by atoms with E-state index in [1.165, 1.54) is 27.7 Å². The van der Waals surface area contributed by atoms with E-state index in [0.717, 1.165) is 28.3 Å². The molecule has 3 rings (SSSR count). The molecule has 0 aliphatic carbocycles. The fourth-order valence-electron chi connectivity index (χ4n) is 3.03. The van der Waals surface area contributed by atoms with Crippen LogP contribution in [0, 0.1) is 13.8 Å². The van der Waals surface area contributed by atoms with E-state index >= 15 is 0 Å². The Morgan fingerprint density at radius 3 is 2.38 bits per heavy atom. The van der Waals surface area contributed by atoms with Gasteiger partial charge in [0.15, 0.2) is 0 Å². The molecule has 0 saturated carbocycles. The molecule has 3 aromatic carbocycles. The fourth-order valence-corrected chi connectivity index (χ4v) is 3.58. The van der Waals surface area contributed by atoms with E-state index in [1.54, 1.807) is 0 Å². The predicted molar refractivity (Wildman–Crippen MR) is 114 cm³/mol. The summed E-state index contributed by atoms with van der Waals surface area (Å²) in [5.74, 6) is 0.153. The van der Waals surface area contributed by atoms with E-state index in [9.17, 15) is 4.79 Å². The van der Waals surface area contributed by atoms with Gasteiger partial charge in [0.1, 0.15) is 19.0 Å². The van der Waals surface area contributed by atoms with Crippen molar-refractivity contribution in [3.8, 4) is 16.9 Å². The summed E-state index contributed by atoms with van der Waals surface area (Å²) in [7, 11) is 0. The number of nitrogens with one attached hydrogen (secondary N) is 1. The van der Waals surface area contributed by atoms with Gasteiger partial charge >= 0.3 is 0 Å². The molecule has 0 unspecified atom stereocenters. The van der Waals surface area contributed by atoms with Crippen LogP contribution in [0.25, 0.3) is 11.1 Å². The molecule has 0 saturated heterocycles. The van der Waals surface area contributed by atoms with Crippen LogP contribution in [0.15, 0.2) is 71.6 Å². The Labute approximate surface area is 174 Å². The van der Waals surface area contributed by atoms with Crippen LogP contribution in [0.5, 0.6) is 5.75 Å². The zero-order chi connectivity index (χ0) is 20.6. The van der Waals surface area contributed by atoms with Crippen molar-refractivity contribution in [3.05, 3.63) is 83.4 Å². The quantitative estimate of drug-likeness (QED) is 0.309. The third-order valence-electron chi connectivity index (χ3n) is 4.40. The summed E-state index contributed by atoms with van der Waals surface area (Å²) in [5, 5.41) is 8.42. The Bertz CT molecular complexity index is 953. The molecular weight excluding hydrogens is 386 g/mol. The molecule has 0 bridgehead atoms. The van der Waals surface area contributed by atoms with Crippen LogP contribution < -0.4 is 10.2 Å². The molecule has 150 valence electrons. The standard InChI is InChI=1S/C23H23NO4S/c1-16-5-3-6-17(2)23(16)19-8-4-7-18(13-19)14-27-20-9-11-21(12-10-20)29-28-15-22(25)24-26/h3-13,26H,14-15H2,1-2H3,(H,24,25). The minimum Gasteiger partial charge on any atom is -0.489 e. The molecule has 6 heteroatoms. The minimum absolute atomic E-state index is 0.226. The zero-order valence-corrected chi connectivity index (χ0v) is 17.2. The highest BCUT2D eigenvalue weighted by atomic mass is 32.2. The molecule has 3 aromatic rings. The molecule has 0 aliphatic rings. The van der Waals surface area contributed by atoms with Crippen molar-refractivity contribution in [3.63, 3.8) is 0 Å². The van der Waals surface area contributed by atoms with Gasteiger partial charge in [0, 0.05) is 16.9 Å². The molecule has 0 aliphatic heterocycles.